The van der Waals surface area contributed by atoms with E-state index in [1.807, 2.05) is 38.1 Å². The first kappa shape index (κ1) is 14.6. The summed E-state index contributed by atoms with van der Waals surface area (Å²) >= 11 is 4.87. The van der Waals surface area contributed by atoms with E-state index in [0.717, 1.165) is 17.5 Å². The van der Waals surface area contributed by atoms with E-state index in [2.05, 4.69) is 0 Å². The van der Waals surface area contributed by atoms with Crippen LogP contribution in [0.5, 0.6) is 0 Å². The molecule has 4 heteroatoms. The summed E-state index contributed by atoms with van der Waals surface area (Å²) in [5, 5.41) is 0. The summed E-state index contributed by atoms with van der Waals surface area (Å²) in [4.78, 5) is 14.2. The van der Waals surface area contributed by atoms with Gasteiger partial charge in [-0.2, -0.15) is 0 Å². The Morgan fingerprint density at radius 1 is 1.44 bits per heavy atom. The lowest BCUT2D eigenvalue weighted by Gasteiger charge is -2.21. The second kappa shape index (κ2) is 7.11. The molecule has 0 aliphatic heterocycles. The summed E-state index contributed by atoms with van der Waals surface area (Å²) in [5.74, 6) is 0.0789. The molecule has 2 N–H and O–H groups in total. The number of hydrogen-bond donors (Lipinski definition) is 1. The van der Waals surface area contributed by atoms with Crippen LogP contribution in [-0.2, 0) is 11.2 Å². The molecule has 0 saturated heterocycles. The Morgan fingerprint density at radius 3 is 2.72 bits per heavy atom. The predicted octanol–water partition coefficient (Wildman–Crippen LogP) is 2.06. The van der Waals surface area contributed by atoms with Gasteiger partial charge < -0.3 is 10.6 Å². The second-order valence-corrected chi connectivity index (χ2v) is 4.97. The van der Waals surface area contributed by atoms with Crippen molar-refractivity contribution >= 4 is 23.1 Å². The summed E-state index contributed by atoms with van der Waals surface area (Å²) in [6.45, 7) is 5.12. The molecular formula is C14H20N2OS. The zero-order valence-electron chi connectivity index (χ0n) is 11.0. The number of aryl methyl sites for hydroxylation is 1. The standard InChI is InChI=1S/C14H20N2OS/c1-3-7-16(10-13(15)18)14(17)9-12-6-4-5-11(2)8-12/h4-6,8H,3,7,9-10H2,1-2H3,(H2,15,18). The lowest BCUT2D eigenvalue weighted by Crippen LogP contribution is -2.39. The van der Waals surface area contributed by atoms with E-state index in [0.29, 0.717) is 24.5 Å². The third kappa shape index (κ3) is 4.84. The summed E-state index contributed by atoms with van der Waals surface area (Å²) in [6.07, 6.45) is 1.31. The van der Waals surface area contributed by atoms with Crippen LogP contribution in [0.1, 0.15) is 24.5 Å². The Labute approximate surface area is 114 Å². The van der Waals surface area contributed by atoms with Gasteiger partial charge in [0.25, 0.3) is 0 Å². The minimum atomic E-state index is 0.0789. The van der Waals surface area contributed by atoms with Gasteiger partial charge in [0.05, 0.1) is 18.0 Å². The lowest BCUT2D eigenvalue weighted by atomic mass is 10.1. The van der Waals surface area contributed by atoms with Crippen LogP contribution in [0.15, 0.2) is 24.3 Å². The maximum Gasteiger partial charge on any atom is 0.227 e. The molecule has 98 valence electrons. The van der Waals surface area contributed by atoms with Gasteiger partial charge in [-0.15, -0.1) is 0 Å². The molecule has 0 aromatic heterocycles. The molecule has 0 spiro atoms. The molecule has 3 nitrogen and oxygen atoms in total. The first-order valence-corrected chi connectivity index (χ1v) is 6.55. The normalized spacial score (nSPS) is 10.1. The Hall–Kier alpha value is -1.42. The molecule has 1 aromatic rings. The number of benzene rings is 1. The van der Waals surface area contributed by atoms with E-state index >= 15 is 0 Å². The van der Waals surface area contributed by atoms with E-state index in [9.17, 15) is 4.79 Å². The molecule has 1 rings (SSSR count). The molecule has 0 fully saturated rings. The Balaban J connectivity index is 2.69. The van der Waals surface area contributed by atoms with Crippen LogP contribution in [-0.4, -0.2) is 28.9 Å². The first-order valence-electron chi connectivity index (χ1n) is 6.14. The summed E-state index contributed by atoms with van der Waals surface area (Å²) in [5.41, 5.74) is 7.71. The number of rotatable bonds is 6. The van der Waals surface area contributed by atoms with Crippen LogP contribution in [0.3, 0.4) is 0 Å². The lowest BCUT2D eigenvalue weighted by molar-refractivity contribution is -0.129. The predicted molar refractivity (Wildman–Crippen MR) is 78.5 cm³/mol. The first-order chi connectivity index (χ1) is 8.52. The van der Waals surface area contributed by atoms with E-state index in [4.69, 9.17) is 18.0 Å². The summed E-state index contributed by atoms with van der Waals surface area (Å²) < 4.78 is 0. The van der Waals surface area contributed by atoms with E-state index in [-0.39, 0.29) is 5.91 Å². The minimum absolute atomic E-state index is 0.0789. The zero-order chi connectivity index (χ0) is 13.5. The molecule has 0 heterocycles. The summed E-state index contributed by atoms with van der Waals surface area (Å²) in [7, 11) is 0. The van der Waals surface area contributed by atoms with Crippen molar-refractivity contribution in [3.05, 3.63) is 35.4 Å². The van der Waals surface area contributed by atoms with E-state index < -0.39 is 0 Å². The van der Waals surface area contributed by atoms with Crippen molar-refractivity contribution in [3.63, 3.8) is 0 Å². The number of amides is 1. The highest BCUT2D eigenvalue weighted by atomic mass is 32.1. The van der Waals surface area contributed by atoms with Crippen LogP contribution < -0.4 is 5.73 Å². The molecule has 0 aliphatic rings. The Bertz CT molecular complexity index is 432. The molecule has 1 amide bonds. The van der Waals surface area contributed by atoms with Gasteiger partial charge in [-0.05, 0) is 18.9 Å². The summed E-state index contributed by atoms with van der Waals surface area (Å²) in [6, 6.07) is 7.99. The van der Waals surface area contributed by atoms with Gasteiger partial charge in [0.2, 0.25) is 5.91 Å². The highest BCUT2D eigenvalue weighted by molar-refractivity contribution is 7.80. The zero-order valence-corrected chi connectivity index (χ0v) is 11.8. The van der Waals surface area contributed by atoms with Crippen LogP contribution in [0.25, 0.3) is 0 Å². The molecule has 0 aliphatic carbocycles. The van der Waals surface area contributed by atoms with Crippen molar-refractivity contribution in [2.75, 3.05) is 13.1 Å². The van der Waals surface area contributed by atoms with Crippen molar-refractivity contribution in [1.82, 2.24) is 4.90 Å². The number of carbonyl (C=O) groups excluding carboxylic acids is 1. The van der Waals surface area contributed by atoms with Crippen molar-refractivity contribution in [2.24, 2.45) is 5.73 Å². The smallest absolute Gasteiger partial charge is 0.227 e. The van der Waals surface area contributed by atoms with E-state index in [1.165, 1.54) is 0 Å². The molecule has 18 heavy (non-hydrogen) atoms. The molecule has 0 atom stereocenters. The van der Waals surface area contributed by atoms with Crippen LogP contribution in [0.2, 0.25) is 0 Å². The van der Waals surface area contributed by atoms with Gasteiger partial charge >= 0.3 is 0 Å². The number of carbonyl (C=O) groups is 1. The maximum atomic E-state index is 12.2. The van der Waals surface area contributed by atoms with Crippen molar-refractivity contribution in [1.29, 1.82) is 0 Å². The third-order valence-corrected chi connectivity index (χ3v) is 2.76. The maximum absolute atomic E-state index is 12.2. The highest BCUT2D eigenvalue weighted by Gasteiger charge is 2.13. The minimum Gasteiger partial charge on any atom is -0.392 e. The molecule has 0 saturated carbocycles. The van der Waals surface area contributed by atoms with Gasteiger partial charge in [-0.25, -0.2) is 0 Å². The van der Waals surface area contributed by atoms with Crippen LogP contribution in [0, 0.1) is 6.92 Å². The topological polar surface area (TPSA) is 46.3 Å². The average molecular weight is 264 g/mol. The number of hydrogen-bond acceptors (Lipinski definition) is 2. The SMILES string of the molecule is CCCN(CC(N)=S)C(=O)Cc1cccc(C)c1. The third-order valence-electron chi connectivity index (χ3n) is 2.63. The molecular weight excluding hydrogens is 244 g/mol. The molecule has 1 aromatic carbocycles. The highest BCUT2D eigenvalue weighted by Crippen LogP contribution is 2.07. The van der Waals surface area contributed by atoms with E-state index in [1.54, 1.807) is 4.90 Å². The number of nitrogens with zero attached hydrogens (tertiary/aromatic N) is 1. The molecule has 0 unspecified atom stereocenters. The van der Waals surface area contributed by atoms with Gasteiger partial charge in [-0.1, -0.05) is 49.0 Å². The van der Waals surface area contributed by atoms with Crippen molar-refractivity contribution in [3.8, 4) is 0 Å². The fraction of sp³-hybridized carbons (Fsp3) is 0.429. The average Bonchev–Trinajstić information content (AvgIpc) is 2.27. The quantitative estimate of drug-likeness (QED) is 0.800. The monoisotopic (exact) mass is 264 g/mol. The van der Waals surface area contributed by atoms with Gasteiger partial charge in [0, 0.05) is 6.54 Å². The molecule has 0 radical (unpaired) electrons. The van der Waals surface area contributed by atoms with Gasteiger partial charge in [0.15, 0.2) is 0 Å². The number of thiocarbonyl (C=S) groups is 1. The largest absolute Gasteiger partial charge is 0.392 e. The van der Waals surface area contributed by atoms with Crippen molar-refractivity contribution in [2.45, 2.75) is 26.7 Å². The second-order valence-electron chi connectivity index (χ2n) is 4.45. The fourth-order valence-corrected chi connectivity index (χ4v) is 2.01. The van der Waals surface area contributed by atoms with Crippen LogP contribution >= 0.6 is 12.2 Å². The van der Waals surface area contributed by atoms with Crippen molar-refractivity contribution < 1.29 is 4.79 Å². The van der Waals surface area contributed by atoms with Crippen LogP contribution in [0.4, 0.5) is 0 Å². The number of nitrogens with two attached hydrogens (primary N) is 1. The fourth-order valence-electron chi connectivity index (χ4n) is 1.86. The Morgan fingerprint density at radius 2 is 2.17 bits per heavy atom. The van der Waals surface area contributed by atoms with Gasteiger partial charge in [-0.3, -0.25) is 4.79 Å². The van der Waals surface area contributed by atoms with Gasteiger partial charge in [0.1, 0.15) is 0 Å². The molecule has 0 bridgehead atoms. The Kier molecular flexibility index (Phi) is 5.78.